The molecular weight excluding hydrogens is 319 g/mol. The Hall–Kier alpha value is -2.36. The van der Waals surface area contributed by atoms with Crippen molar-refractivity contribution in [3.05, 3.63) is 48.5 Å². The minimum absolute atomic E-state index is 0.344. The van der Waals surface area contributed by atoms with Gasteiger partial charge in [0.2, 0.25) is 0 Å². The van der Waals surface area contributed by atoms with E-state index in [9.17, 15) is 9.18 Å². The smallest absolute Gasteiger partial charge is 0.346 e. The van der Waals surface area contributed by atoms with Gasteiger partial charge in [-0.25, -0.2) is 9.18 Å². The van der Waals surface area contributed by atoms with E-state index in [1.54, 1.807) is 26.0 Å². The fourth-order valence-corrected chi connectivity index (χ4v) is 2.24. The van der Waals surface area contributed by atoms with Crippen LogP contribution in [-0.2, 0) is 4.79 Å². The Morgan fingerprint density at radius 1 is 0.960 bits per heavy atom. The van der Waals surface area contributed by atoms with E-state index >= 15 is 0 Å². The van der Waals surface area contributed by atoms with E-state index < -0.39 is 18.1 Å². The first-order valence-electron chi connectivity index (χ1n) is 8.70. The van der Waals surface area contributed by atoms with Gasteiger partial charge in [0.25, 0.3) is 0 Å². The number of carbonyl (C=O) groups excluding carboxylic acids is 1. The Kier molecular flexibility index (Phi) is 6.99. The number of esters is 1. The van der Waals surface area contributed by atoms with Gasteiger partial charge < -0.3 is 9.47 Å². The summed E-state index contributed by atoms with van der Waals surface area (Å²) in [6.45, 7) is 6.14. The summed E-state index contributed by atoms with van der Waals surface area (Å²) >= 11 is 0. The summed E-state index contributed by atoms with van der Waals surface area (Å²) in [6.07, 6.45) is 0.535. The predicted octanol–water partition coefficient (Wildman–Crippen LogP) is 5.43. The molecule has 0 radical (unpaired) electrons. The normalized spacial score (nSPS) is 12.0. The first-order chi connectivity index (χ1) is 12.0. The molecule has 0 fully saturated rings. The molecule has 0 spiro atoms. The van der Waals surface area contributed by atoms with E-state index in [1.807, 2.05) is 36.4 Å². The number of carbonyl (C=O) groups is 1. The molecule has 25 heavy (non-hydrogen) atoms. The second-order valence-corrected chi connectivity index (χ2v) is 6.32. The Morgan fingerprint density at radius 3 is 1.96 bits per heavy atom. The van der Waals surface area contributed by atoms with Crippen LogP contribution >= 0.6 is 0 Å². The standard InChI is InChI=1S/C21H25FO3/c1-4-5-14-24-18-10-6-16(7-11-18)17-8-12-19(13-9-17)25-21(23)20(22)15(2)3/h6-13,15,20H,4-5,14H2,1-3H3. The van der Waals surface area contributed by atoms with Crippen LogP contribution in [-0.4, -0.2) is 18.7 Å². The monoisotopic (exact) mass is 344 g/mol. The number of unbranched alkanes of at least 4 members (excludes halogenated alkanes) is 1. The average molecular weight is 344 g/mol. The average Bonchev–Trinajstić information content (AvgIpc) is 2.62. The Morgan fingerprint density at radius 2 is 1.48 bits per heavy atom. The van der Waals surface area contributed by atoms with Gasteiger partial charge in [0.1, 0.15) is 11.5 Å². The number of hydrogen-bond donors (Lipinski definition) is 0. The van der Waals surface area contributed by atoms with Crippen molar-refractivity contribution < 1.29 is 18.7 Å². The van der Waals surface area contributed by atoms with Gasteiger partial charge >= 0.3 is 5.97 Å². The van der Waals surface area contributed by atoms with E-state index in [2.05, 4.69) is 6.92 Å². The first-order valence-corrected chi connectivity index (χ1v) is 8.70. The summed E-state index contributed by atoms with van der Waals surface area (Å²) in [5.74, 6) is -0.0526. The minimum atomic E-state index is -1.61. The van der Waals surface area contributed by atoms with Crippen molar-refractivity contribution in [3.8, 4) is 22.6 Å². The molecule has 1 atom stereocenters. The largest absolute Gasteiger partial charge is 0.494 e. The van der Waals surface area contributed by atoms with Crippen molar-refractivity contribution >= 4 is 5.97 Å². The number of halogens is 1. The van der Waals surface area contributed by atoms with Crippen LogP contribution in [0.2, 0.25) is 0 Å². The third-order valence-corrected chi connectivity index (χ3v) is 3.84. The summed E-state index contributed by atoms with van der Waals surface area (Å²) in [5, 5.41) is 0. The van der Waals surface area contributed by atoms with Gasteiger partial charge in [0.05, 0.1) is 6.61 Å². The van der Waals surface area contributed by atoms with Gasteiger partial charge in [-0.05, 0) is 47.7 Å². The second kappa shape index (κ2) is 9.21. The molecule has 4 heteroatoms. The van der Waals surface area contributed by atoms with Crippen molar-refractivity contribution in [1.29, 1.82) is 0 Å². The number of hydrogen-bond acceptors (Lipinski definition) is 3. The highest BCUT2D eigenvalue weighted by molar-refractivity contribution is 5.77. The molecule has 134 valence electrons. The summed E-state index contributed by atoms with van der Waals surface area (Å²) in [5.41, 5.74) is 2.02. The van der Waals surface area contributed by atoms with Crippen LogP contribution in [0.25, 0.3) is 11.1 Å². The zero-order valence-corrected chi connectivity index (χ0v) is 15.0. The zero-order valence-electron chi connectivity index (χ0n) is 15.0. The van der Waals surface area contributed by atoms with Crippen LogP contribution in [0.1, 0.15) is 33.6 Å². The Labute approximate surface area is 148 Å². The maximum atomic E-state index is 13.6. The summed E-state index contributed by atoms with van der Waals surface area (Å²) in [4.78, 5) is 11.6. The molecule has 0 aliphatic heterocycles. The highest BCUT2D eigenvalue weighted by atomic mass is 19.1. The van der Waals surface area contributed by atoms with Crippen LogP contribution in [0.4, 0.5) is 4.39 Å². The second-order valence-electron chi connectivity index (χ2n) is 6.32. The molecular formula is C21H25FO3. The van der Waals surface area contributed by atoms with Crippen molar-refractivity contribution in [2.75, 3.05) is 6.61 Å². The molecule has 0 aliphatic rings. The van der Waals surface area contributed by atoms with Crippen LogP contribution < -0.4 is 9.47 Å². The molecule has 0 aliphatic carbocycles. The molecule has 1 unspecified atom stereocenters. The van der Waals surface area contributed by atoms with Gasteiger partial charge in [0.15, 0.2) is 6.17 Å². The van der Waals surface area contributed by atoms with E-state index in [-0.39, 0.29) is 0 Å². The SMILES string of the molecule is CCCCOc1ccc(-c2ccc(OC(=O)C(F)C(C)C)cc2)cc1. The lowest BCUT2D eigenvalue weighted by Gasteiger charge is -2.11. The number of ether oxygens (including phenoxy) is 2. The van der Waals surface area contributed by atoms with E-state index in [0.717, 1.165) is 36.3 Å². The van der Waals surface area contributed by atoms with Gasteiger partial charge in [-0.15, -0.1) is 0 Å². The third-order valence-electron chi connectivity index (χ3n) is 3.84. The highest BCUT2D eigenvalue weighted by Gasteiger charge is 2.23. The molecule has 0 N–H and O–H groups in total. The highest BCUT2D eigenvalue weighted by Crippen LogP contribution is 2.25. The van der Waals surface area contributed by atoms with Crippen molar-refractivity contribution in [1.82, 2.24) is 0 Å². The lowest BCUT2D eigenvalue weighted by molar-refractivity contribution is -0.141. The molecule has 0 saturated heterocycles. The fraction of sp³-hybridized carbons (Fsp3) is 0.381. The van der Waals surface area contributed by atoms with E-state index in [0.29, 0.717) is 5.75 Å². The van der Waals surface area contributed by atoms with Crippen molar-refractivity contribution in [3.63, 3.8) is 0 Å². The van der Waals surface area contributed by atoms with Gasteiger partial charge in [0, 0.05) is 0 Å². The van der Waals surface area contributed by atoms with Crippen LogP contribution in [0.15, 0.2) is 48.5 Å². The first kappa shape index (κ1) is 19.0. The predicted molar refractivity (Wildman–Crippen MR) is 97.7 cm³/mol. The summed E-state index contributed by atoms with van der Waals surface area (Å²) < 4.78 is 24.3. The molecule has 0 amide bonds. The molecule has 0 aromatic heterocycles. The summed E-state index contributed by atoms with van der Waals surface area (Å²) in [6, 6.07) is 14.9. The van der Waals surface area contributed by atoms with Crippen LogP contribution in [0.5, 0.6) is 11.5 Å². The van der Waals surface area contributed by atoms with Gasteiger partial charge in [-0.2, -0.15) is 0 Å². The molecule has 0 bridgehead atoms. The maximum absolute atomic E-state index is 13.6. The lowest BCUT2D eigenvalue weighted by Crippen LogP contribution is -2.26. The molecule has 2 aromatic carbocycles. The molecule has 2 aromatic rings. The minimum Gasteiger partial charge on any atom is -0.494 e. The van der Waals surface area contributed by atoms with Crippen LogP contribution in [0, 0.1) is 5.92 Å². The number of alkyl halides is 1. The van der Waals surface area contributed by atoms with E-state index in [1.165, 1.54) is 0 Å². The maximum Gasteiger partial charge on any atom is 0.346 e. The van der Waals surface area contributed by atoms with Crippen molar-refractivity contribution in [2.24, 2.45) is 5.92 Å². The zero-order chi connectivity index (χ0) is 18.2. The quantitative estimate of drug-likeness (QED) is 0.364. The Bertz CT molecular complexity index is 663. The van der Waals surface area contributed by atoms with Crippen LogP contribution in [0.3, 0.4) is 0 Å². The fourth-order valence-electron chi connectivity index (χ4n) is 2.24. The van der Waals surface area contributed by atoms with Gasteiger partial charge in [-0.3, -0.25) is 0 Å². The molecule has 3 nitrogen and oxygen atoms in total. The Balaban J connectivity index is 1.98. The topological polar surface area (TPSA) is 35.5 Å². The molecule has 2 rings (SSSR count). The third kappa shape index (κ3) is 5.59. The number of benzene rings is 2. The van der Waals surface area contributed by atoms with E-state index in [4.69, 9.17) is 9.47 Å². The molecule has 0 heterocycles. The van der Waals surface area contributed by atoms with Gasteiger partial charge in [-0.1, -0.05) is 51.5 Å². The number of rotatable bonds is 8. The summed E-state index contributed by atoms with van der Waals surface area (Å²) in [7, 11) is 0. The molecule has 0 saturated carbocycles. The van der Waals surface area contributed by atoms with Crippen molar-refractivity contribution in [2.45, 2.75) is 39.8 Å². The lowest BCUT2D eigenvalue weighted by atomic mass is 10.1.